The van der Waals surface area contributed by atoms with Crippen molar-refractivity contribution in [2.45, 2.75) is 72.3 Å². The van der Waals surface area contributed by atoms with Crippen LogP contribution in [0.25, 0.3) is 0 Å². The van der Waals surface area contributed by atoms with Gasteiger partial charge in [-0.05, 0) is 42.7 Å². The van der Waals surface area contributed by atoms with Gasteiger partial charge < -0.3 is 0 Å². The lowest BCUT2D eigenvalue weighted by molar-refractivity contribution is -0.650. The number of hydrogen-bond donors (Lipinski definition) is 0. The summed E-state index contributed by atoms with van der Waals surface area (Å²) in [7, 11) is 0. The molecule has 0 aromatic rings. The molecule has 0 aliphatic carbocycles. The van der Waals surface area contributed by atoms with Crippen LogP contribution < -0.4 is 0 Å². The van der Waals surface area contributed by atoms with E-state index in [1.165, 1.54) is 12.8 Å². The monoisotopic (exact) mass is 248 g/mol. The van der Waals surface area contributed by atoms with Gasteiger partial charge in [-0.3, -0.25) is 0 Å². The Labute approximate surface area is 105 Å². The molecule has 0 aliphatic rings. The Morgan fingerprint density at radius 3 is 2.29 bits per heavy atom. The minimum absolute atomic E-state index is 0.351. The second kappa shape index (κ2) is 9.83. The van der Waals surface area contributed by atoms with Crippen LogP contribution in [-0.2, 0) is 19.9 Å². The quantitative estimate of drug-likeness (QED) is 0.312. The average Bonchev–Trinajstić information content (AvgIpc) is 2.32. The maximum absolute atomic E-state index is 5.03. The fourth-order valence-corrected chi connectivity index (χ4v) is 1.21. The highest BCUT2D eigenvalue weighted by Crippen LogP contribution is 2.15. The van der Waals surface area contributed by atoms with Crippen molar-refractivity contribution in [2.75, 3.05) is 6.61 Å². The zero-order valence-electron chi connectivity index (χ0n) is 12.0. The van der Waals surface area contributed by atoms with E-state index in [-0.39, 0.29) is 5.60 Å². The van der Waals surface area contributed by atoms with Crippen molar-refractivity contribution in [3.8, 4) is 0 Å². The molecule has 1 atom stereocenters. The van der Waals surface area contributed by atoms with Crippen LogP contribution in [0.2, 0.25) is 0 Å². The summed E-state index contributed by atoms with van der Waals surface area (Å²) in [4.78, 5) is 10.0. The van der Waals surface area contributed by atoms with Crippen molar-refractivity contribution in [1.82, 2.24) is 0 Å². The Kier molecular flexibility index (Phi) is 9.74. The van der Waals surface area contributed by atoms with Crippen LogP contribution >= 0.6 is 0 Å². The van der Waals surface area contributed by atoms with Gasteiger partial charge in [-0.25, -0.2) is 4.89 Å². The molecule has 1 unspecified atom stereocenters. The normalized spacial score (nSPS) is 13.9. The van der Waals surface area contributed by atoms with Gasteiger partial charge in [0.05, 0.1) is 6.61 Å². The first kappa shape index (κ1) is 16.8. The van der Waals surface area contributed by atoms with Gasteiger partial charge in [0.2, 0.25) is 0 Å². The molecule has 17 heavy (non-hydrogen) atoms. The third kappa shape index (κ3) is 9.53. The standard InChI is InChI=1S/C13H28O4/c1-6-9-10-12(7-2)11-14-16-17-15-13(4,5)8-3/h12H,6-11H2,1-5H3. The first-order valence-electron chi connectivity index (χ1n) is 6.69. The first-order valence-corrected chi connectivity index (χ1v) is 6.69. The van der Waals surface area contributed by atoms with Crippen LogP contribution in [0.3, 0.4) is 0 Å². The van der Waals surface area contributed by atoms with Crippen LogP contribution in [0.1, 0.15) is 66.7 Å². The smallest absolute Gasteiger partial charge is 0.101 e. The lowest BCUT2D eigenvalue weighted by atomic mass is 10.0. The molecule has 0 saturated heterocycles. The molecule has 0 heterocycles. The third-order valence-corrected chi connectivity index (χ3v) is 3.03. The highest BCUT2D eigenvalue weighted by Gasteiger charge is 2.17. The highest BCUT2D eigenvalue weighted by atomic mass is 17.7. The second-order valence-electron chi connectivity index (χ2n) is 5.03. The number of rotatable bonds is 11. The fraction of sp³-hybridized carbons (Fsp3) is 1.00. The summed E-state index contributed by atoms with van der Waals surface area (Å²) in [6.45, 7) is 10.8. The van der Waals surface area contributed by atoms with Gasteiger partial charge in [-0.2, -0.15) is 4.89 Å². The van der Waals surface area contributed by atoms with E-state index in [4.69, 9.17) is 9.78 Å². The predicted octanol–water partition coefficient (Wildman–Crippen LogP) is 4.20. The molecule has 0 amide bonds. The van der Waals surface area contributed by atoms with Crippen molar-refractivity contribution in [1.29, 1.82) is 0 Å². The summed E-state index contributed by atoms with van der Waals surface area (Å²) in [5.41, 5.74) is -0.351. The molecule has 0 aromatic heterocycles. The summed E-state index contributed by atoms with van der Waals surface area (Å²) in [5, 5.41) is 9.13. The largest absolute Gasteiger partial charge is 0.204 e. The topological polar surface area (TPSA) is 36.9 Å². The molecule has 104 valence electrons. The van der Waals surface area contributed by atoms with Crippen molar-refractivity contribution in [3.63, 3.8) is 0 Å². The van der Waals surface area contributed by atoms with Crippen molar-refractivity contribution in [2.24, 2.45) is 5.92 Å². The van der Waals surface area contributed by atoms with E-state index in [1.54, 1.807) is 0 Å². The van der Waals surface area contributed by atoms with Crippen LogP contribution in [0.15, 0.2) is 0 Å². The van der Waals surface area contributed by atoms with Crippen LogP contribution in [0.4, 0.5) is 0 Å². The Morgan fingerprint density at radius 1 is 1.06 bits per heavy atom. The SMILES string of the molecule is CCCCC(CC)COOOOC(C)(C)CC. The summed E-state index contributed by atoms with van der Waals surface area (Å²) in [6.07, 6.45) is 5.52. The molecule has 0 aromatic carbocycles. The van der Waals surface area contributed by atoms with Gasteiger partial charge in [0.1, 0.15) is 5.60 Å². The van der Waals surface area contributed by atoms with E-state index in [9.17, 15) is 0 Å². The maximum Gasteiger partial charge on any atom is 0.101 e. The number of hydrogen-bond acceptors (Lipinski definition) is 4. The van der Waals surface area contributed by atoms with Gasteiger partial charge in [-0.1, -0.05) is 40.0 Å². The molecule has 0 rings (SSSR count). The molecule has 0 bridgehead atoms. The van der Waals surface area contributed by atoms with Crippen molar-refractivity contribution < 1.29 is 19.9 Å². The van der Waals surface area contributed by atoms with Crippen LogP contribution in [0.5, 0.6) is 0 Å². The van der Waals surface area contributed by atoms with E-state index in [2.05, 4.69) is 23.9 Å². The number of unbranched alkanes of at least 4 members (excludes halogenated alkanes) is 1. The first-order chi connectivity index (χ1) is 8.05. The van der Waals surface area contributed by atoms with Gasteiger partial charge in [-0.15, -0.1) is 0 Å². The molecule has 4 nitrogen and oxygen atoms in total. The van der Waals surface area contributed by atoms with Gasteiger partial charge in [0.15, 0.2) is 0 Å². The molecule has 0 radical (unpaired) electrons. The summed E-state index contributed by atoms with van der Waals surface area (Å²) < 4.78 is 0. The maximum atomic E-state index is 5.03. The molecule has 4 heteroatoms. The van der Waals surface area contributed by atoms with Gasteiger partial charge in [0.25, 0.3) is 0 Å². The summed E-state index contributed by atoms with van der Waals surface area (Å²) in [5.74, 6) is 0.526. The lowest BCUT2D eigenvalue weighted by Gasteiger charge is -2.19. The zero-order valence-corrected chi connectivity index (χ0v) is 12.0. The van der Waals surface area contributed by atoms with E-state index >= 15 is 0 Å². The molecular formula is C13H28O4. The van der Waals surface area contributed by atoms with Crippen molar-refractivity contribution >= 4 is 0 Å². The van der Waals surface area contributed by atoms with Crippen molar-refractivity contribution in [3.05, 3.63) is 0 Å². The van der Waals surface area contributed by atoms with Crippen LogP contribution in [0, 0.1) is 5.92 Å². The molecule has 0 aliphatic heterocycles. The molecule has 0 spiro atoms. The predicted molar refractivity (Wildman–Crippen MR) is 66.9 cm³/mol. The molecular weight excluding hydrogens is 220 g/mol. The molecule has 0 saturated carbocycles. The van der Waals surface area contributed by atoms with Gasteiger partial charge >= 0.3 is 0 Å². The summed E-state index contributed by atoms with van der Waals surface area (Å²) >= 11 is 0. The zero-order chi connectivity index (χ0) is 13.1. The average molecular weight is 248 g/mol. The Bertz CT molecular complexity index is 171. The second-order valence-corrected chi connectivity index (χ2v) is 5.03. The lowest BCUT2D eigenvalue weighted by Crippen LogP contribution is -2.23. The van der Waals surface area contributed by atoms with E-state index in [0.717, 1.165) is 19.3 Å². The molecule has 0 fully saturated rings. The summed E-state index contributed by atoms with van der Waals surface area (Å²) in [6, 6.07) is 0. The van der Waals surface area contributed by atoms with E-state index < -0.39 is 0 Å². The van der Waals surface area contributed by atoms with E-state index in [1.807, 2.05) is 20.8 Å². The fourth-order valence-electron chi connectivity index (χ4n) is 1.21. The van der Waals surface area contributed by atoms with Crippen LogP contribution in [-0.4, -0.2) is 12.2 Å². The Morgan fingerprint density at radius 2 is 1.76 bits per heavy atom. The van der Waals surface area contributed by atoms with E-state index in [0.29, 0.717) is 12.5 Å². The highest BCUT2D eigenvalue weighted by molar-refractivity contribution is 4.61. The Hall–Kier alpha value is -0.160. The minimum atomic E-state index is -0.351. The molecule has 0 N–H and O–H groups in total. The third-order valence-electron chi connectivity index (χ3n) is 3.03. The minimum Gasteiger partial charge on any atom is -0.204 e. The Balaban J connectivity index is 3.48. The van der Waals surface area contributed by atoms with Gasteiger partial charge in [0, 0.05) is 0 Å².